The van der Waals surface area contributed by atoms with Crippen LogP contribution in [-0.2, 0) is 22.1 Å². The monoisotopic (exact) mass is 265 g/mol. The molecule has 0 saturated carbocycles. The van der Waals surface area contributed by atoms with Crippen molar-refractivity contribution in [2.24, 2.45) is 5.73 Å². The van der Waals surface area contributed by atoms with Gasteiger partial charge in [0.05, 0.1) is 12.7 Å². The number of hydrogen-bond acceptors (Lipinski definition) is 3. The third kappa shape index (κ3) is 3.43. The third-order valence-corrected chi connectivity index (χ3v) is 2.32. The zero-order valence-corrected chi connectivity index (χ0v) is 9.42. The Morgan fingerprint density at radius 1 is 1.44 bits per heavy atom. The van der Waals surface area contributed by atoms with Crippen LogP contribution < -0.4 is 5.73 Å². The van der Waals surface area contributed by atoms with Gasteiger partial charge in [-0.2, -0.15) is 13.2 Å². The molecule has 0 aliphatic rings. The highest BCUT2D eigenvalue weighted by Crippen LogP contribution is 2.30. The molecule has 0 heterocycles. The van der Waals surface area contributed by atoms with Gasteiger partial charge in [-0.1, -0.05) is 6.07 Å². The van der Waals surface area contributed by atoms with Gasteiger partial charge in [-0.3, -0.25) is 4.79 Å². The average molecular weight is 265 g/mol. The zero-order valence-electron chi connectivity index (χ0n) is 9.42. The molecule has 0 saturated heterocycles. The van der Waals surface area contributed by atoms with Gasteiger partial charge in [-0.25, -0.2) is 4.39 Å². The molecule has 7 heteroatoms. The predicted octanol–water partition coefficient (Wildman–Crippen LogP) is 1.89. The number of carbonyl (C=O) groups is 1. The summed E-state index contributed by atoms with van der Waals surface area (Å²) in [5, 5.41) is 0. The van der Waals surface area contributed by atoms with Crippen molar-refractivity contribution >= 4 is 5.97 Å². The lowest BCUT2D eigenvalue weighted by atomic mass is 10.0. The maximum absolute atomic E-state index is 13.4. The number of rotatable bonds is 3. The Bertz CT molecular complexity index is 445. The van der Waals surface area contributed by atoms with Gasteiger partial charge in [0.25, 0.3) is 0 Å². The first-order chi connectivity index (χ1) is 8.25. The van der Waals surface area contributed by atoms with E-state index in [0.717, 1.165) is 19.2 Å². The highest BCUT2D eigenvalue weighted by molar-refractivity contribution is 5.75. The van der Waals surface area contributed by atoms with Crippen molar-refractivity contribution in [1.29, 1.82) is 0 Å². The molecule has 2 N–H and O–H groups in total. The van der Waals surface area contributed by atoms with Gasteiger partial charge in [-0.05, 0) is 17.7 Å². The van der Waals surface area contributed by atoms with Gasteiger partial charge >= 0.3 is 12.1 Å². The van der Waals surface area contributed by atoms with E-state index in [4.69, 9.17) is 5.73 Å². The van der Waals surface area contributed by atoms with E-state index >= 15 is 0 Å². The van der Waals surface area contributed by atoms with Crippen LogP contribution in [0.5, 0.6) is 0 Å². The summed E-state index contributed by atoms with van der Waals surface area (Å²) in [6.45, 7) is 0. The number of carbonyl (C=O) groups excluding carboxylic acids is 1. The molecule has 0 fully saturated rings. The van der Waals surface area contributed by atoms with Crippen molar-refractivity contribution in [3.63, 3.8) is 0 Å². The quantitative estimate of drug-likeness (QED) is 0.670. The highest BCUT2D eigenvalue weighted by atomic mass is 19.4. The van der Waals surface area contributed by atoms with Crippen molar-refractivity contribution in [3.8, 4) is 0 Å². The molecule has 0 unspecified atom stereocenters. The topological polar surface area (TPSA) is 52.3 Å². The molecule has 1 aromatic carbocycles. The van der Waals surface area contributed by atoms with Gasteiger partial charge in [0.15, 0.2) is 0 Å². The highest BCUT2D eigenvalue weighted by Gasteiger charge is 2.31. The van der Waals surface area contributed by atoms with Gasteiger partial charge in [-0.15, -0.1) is 0 Å². The summed E-state index contributed by atoms with van der Waals surface area (Å²) in [5.41, 5.74) is 4.23. The van der Waals surface area contributed by atoms with E-state index in [1.165, 1.54) is 0 Å². The van der Waals surface area contributed by atoms with Crippen molar-refractivity contribution < 1.29 is 27.1 Å². The molecule has 100 valence electrons. The van der Waals surface area contributed by atoms with Crippen LogP contribution in [-0.4, -0.2) is 19.1 Å². The molecular formula is C11H11F4NO2. The number of nitrogens with two attached hydrogens (primary N) is 1. The van der Waals surface area contributed by atoms with E-state index in [0.29, 0.717) is 6.07 Å². The van der Waals surface area contributed by atoms with Crippen LogP contribution in [0.2, 0.25) is 0 Å². The number of methoxy groups -OCH3 is 1. The van der Waals surface area contributed by atoms with Gasteiger partial charge in [0.1, 0.15) is 11.9 Å². The van der Waals surface area contributed by atoms with Crippen LogP contribution in [0.25, 0.3) is 0 Å². The molecule has 1 atom stereocenters. The number of hydrogen-bond donors (Lipinski definition) is 1. The molecule has 0 radical (unpaired) electrons. The maximum atomic E-state index is 13.4. The van der Waals surface area contributed by atoms with E-state index in [1.807, 2.05) is 0 Å². The van der Waals surface area contributed by atoms with Crippen LogP contribution >= 0.6 is 0 Å². The Morgan fingerprint density at radius 2 is 2.06 bits per heavy atom. The fraction of sp³-hybridized carbons (Fsp3) is 0.364. The first-order valence-electron chi connectivity index (χ1n) is 4.94. The summed E-state index contributed by atoms with van der Waals surface area (Å²) >= 11 is 0. The molecule has 18 heavy (non-hydrogen) atoms. The minimum absolute atomic E-state index is 0.0686. The van der Waals surface area contributed by atoms with E-state index in [1.54, 1.807) is 0 Å². The number of benzene rings is 1. The van der Waals surface area contributed by atoms with Crippen molar-refractivity contribution in [2.45, 2.75) is 18.6 Å². The van der Waals surface area contributed by atoms with Gasteiger partial charge in [0, 0.05) is 6.42 Å². The van der Waals surface area contributed by atoms with E-state index in [-0.39, 0.29) is 12.0 Å². The molecule has 0 spiro atoms. The lowest BCUT2D eigenvalue weighted by Gasteiger charge is -2.12. The van der Waals surface area contributed by atoms with E-state index in [2.05, 4.69) is 4.74 Å². The SMILES string of the molecule is COC(=O)[C@@H](N)Cc1ccc(C(F)(F)F)cc1F. The molecular weight excluding hydrogens is 254 g/mol. The standard InChI is InChI=1S/C11H11F4NO2/c1-18-10(17)9(16)4-6-2-3-7(5-8(6)12)11(13,14)15/h2-3,5,9H,4,16H2,1H3/t9-/m0/s1. The normalized spacial score (nSPS) is 13.2. The Hall–Kier alpha value is -1.63. The van der Waals surface area contributed by atoms with Crippen LogP contribution in [0.15, 0.2) is 18.2 Å². The Labute approximate surface area is 101 Å². The fourth-order valence-corrected chi connectivity index (χ4v) is 1.36. The number of alkyl halides is 3. The maximum Gasteiger partial charge on any atom is 0.416 e. The summed E-state index contributed by atoms with van der Waals surface area (Å²) < 4.78 is 54.6. The first kappa shape index (κ1) is 14.4. The zero-order chi connectivity index (χ0) is 13.9. The van der Waals surface area contributed by atoms with Gasteiger partial charge in [0.2, 0.25) is 0 Å². The molecule has 0 bridgehead atoms. The minimum Gasteiger partial charge on any atom is -0.468 e. The summed E-state index contributed by atoms with van der Waals surface area (Å²) in [5.74, 6) is -1.81. The second-order valence-corrected chi connectivity index (χ2v) is 3.64. The minimum atomic E-state index is -4.61. The van der Waals surface area contributed by atoms with Crippen LogP contribution in [0.1, 0.15) is 11.1 Å². The van der Waals surface area contributed by atoms with Crippen LogP contribution in [0, 0.1) is 5.82 Å². The Morgan fingerprint density at radius 3 is 2.50 bits per heavy atom. The molecule has 1 rings (SSSR count). The molecule has 0 aromatic heterocycles. The van der Waals surface area contributed by atoms with Crippen molar-refractivity contribution in [3.05, 3.63) is 35.1 Å². The van der Waals surface area contributed by atoms with Crippen LogP contribution in [0.3, 0.4) is 0 Å². The first-order valence-corrected chi connectivity index (χ1v) is 4.94. The summed E-state index contributed by atoms with van der Waals surface area (Å²) in [6.07, 6.45) is -4.83. The second-order valence-electron chi connectivity index (χ2n) is 3.64. The van der Waals surface area contributed by atoms with E-state index in [9.17, 15) is 22.4 Å². The fourth-order valence-electron chi connectivity index (χ4n) is 1.36. The van der Waals surface area contributed by atoms with Crippen LogP contribution in [0.4, 0.5) is 17.6 Å². The molecule has 0 aliphatic heterocycles. The third-order valence-electron chi connectivity index (χ3n) is 2.32. The summed E-state index contributed by atoms with van der Waals surface area (Å²) in [7, 11) is 1.12. The van der Waals surface area contributed by atoms with Crippen molar-refractivity contribution in [2.75, 3.05) is 7.11 Å². The predicted molar refractivity (Wildman–Crippen MR) is 55.1 cm³/mol. The Balaban J connectivity index is 2.90. The lowest BCUT2D eigenvalue weighted by molar-refractivity contribution is -0.142. The lowest BCUT2D eigenvalue weighted by Crippen LogP contribution is -2.33. The molecule has 1 aromatic rings. The second kappa shape index (κ2) is 5.34. The number of ether oxygens (including phenoxy) is 1. The largest absolute Gasteiger partial charge is 0.468 e. The molecule has 3 nitrogen and oxygen atoms in total. The molecule has 0 amide bonds. The smallest absolute Gasteiger partial charge is 0.416 e. The summed E-state index contributed by atoms with van der Waals surface area (Å²) in [4.78, 5) is 11.0. The van der Waals surface area contributed by atoms with Gasteiger partial charge < -0.3 is 10.5 Å². The average Bonchev–Trinajstić information content (AvgIpc) is 2.29. The number of esters is 1. The summed E-state index contributed by atoms with van der Waals surface area (Å²) in [6, 6.07) is 0.962. The van der Waals surface area contributed by atoms with Crippen molar-refractivity contribution in [1.82, 2.24) is 0 Å². The van der Waals surface area contributed by atoms with E-state index < -0.39 is 29.6 Å². The molecule has 0 aliphatic carbocycles. The number of halogens is 4. The Kier molecular flexibility index (Phi) is 4.28.